The second-order valence-corrected chi connectivity index (χ2v) is 5.22. The van der Waals surface area contributed by atoms with Crippen molar-refractivity contribution in [3.8, 4) is 0 Å². The summed E-state index contributed by atoms with van der Waals surface area (Å²) in [7, 11) is 1.71. The number of nitrogens with zero attached hydrogens (tertiary/aromatic N) is 2. The first-order chi connectivity index (χ1) is 8.61. The predicted octanol–water partition coefficient (Wildman–Crippen LogP) is 1.56. The molecule has 2 heterocycles. The summed E-state index contributed by atoms with van der Waals surface area (Å²) in [5, 5.41) is 6.79. The lowest BCUT2D eigenvalue weighted by molar-refractivity contribution is 0.0952. The number of anilines is 1. The Bertz CT molecular complexity index is 558. The van der Waals surface area contributed by atoms with Crippen LogP contribution in [-0.2, 0) is 20.0 Å². The number of nitrogen functional groups attached to an aromatic ring is 1. The molecule has 2 aromatic rings. The van der Waals surface area contributed by atoms with E-state index < -0.39 is 0 Å². The molecule has 0 atom stereocenters. The van der Waals surface area contributed by atoms with Gasteiger partial charge in [-0.2, -0.15) is 5.10 Å². The molecule has 0 aromatic carbocycles. The van der Waals surface area contributed by atoms with Gasteiger partial charge in [-0.3, -0.25) is 9.48 Å². The molecule has 0 aliphatic carbocycles. The SMILES string of the molecule is CCc1ccc(CNC(=O)c2cnn(C)c2N)s1. The van der Waals surface area contributed by atoms with Gasteiger partial charge in [0.2, 0.25) is 0 Å². The molecule has 0 radical (unpaired) electrons. The third kappa shape index (κ3) is 2.53. The van der Waals surface area contributed by atoms with Crippen molar-refractivity contribution >= 4 is 23.1 Å². The Morgan fingerprint density at radius 3 is 2.78 bits per heavy atom. The molecule has 0 saturated heterocycles. The standard InChI is InChI=1S/C12H16N4OS/c1-3-8-4-5-9(18-8)6-14-12(17)10-7-15-16(2)11(10)13/h4-5,7H,3,6,13H2,1-2H3,(H,14,17). The normalized spacial score (nSPS) is 10.6. The van der Waals surface area contributed by atoms with Crippen molar-refractivity contribution in [3.63, 3.8) is 0 Å². The molecule has 0 fully saturated rings. The number of aryl methyl sites for hydroxylation is 2. The van der Waals surface area contributed by atoms with E-state index in [0.717, 1.165) is 11.3 Å². The second-order valence-electron chi connectivity index (χ2n) is 3.97. The first-order valence-electron chi connectivity index (χ1n) is 5.75. The number of amides is 1. The first kappa shape index (κ1) is 12.6. The molecule has 0 aliphatic rings. The fourth-order valence-electron chi connectivity index (χ4n) is 1.59. The zero-order valence-corrected chi connectivity index (χ0v) is 11.3. The zero-order valence-electron chi connectivity index (χ0n) is 10.4. The predicted molar refractivity (Wildman–Crippen MR) is 72.5 cm³/mol. The Morgan fingerprint density at radius 1 is 1.50 bits per heavy atom. The largest absolute Gasteiger partial charge is 0.383 e. The zero-order chi connectivity index (χ0) is 13.1. The molecule has 0 saturated carbocycles. The summed E-state index contributed by atoms with van der Waals surface area (Å²) in [6.45, 7) is 2.64. The van der Waals surface area contributed by atoms with E-state index in [1.54, 1.807) is 18.4 Å². The molecule has 5 nitrogen and oxygen atoms in total. The molecule has 0 spiro atoms. The Kier molecular flexibility index (Phi) is 3.66. The van der Waals surface area contributed by atoms with Crippen LogP contribution in [0.3, 0.4) is 0 Å². The van der Waals surface area contributed by atoms with E-state index >= 15 is 0 Å². The number of nitrogens with two attached hydrogens (primary N) is 1. The molecule has 6 heteroatoms. The highest BCUT2D eigenvalue weighted by Crippen LogP contribution is 2.17. The maximum Gasteiger partial charge on any atom is 0.256 e. The summed E-state index contributed by atoms with van der Waals surface area (Å²) in [4.78, 5) is 14.3. The van der Waals surface area contributed by atoms with Gasteiger partial charge in [0.25, 0.3) is 5.91 Å². The van der Waals surface area contributed by atoms with Crippen LogP contribution in [0.1, 0.15) is 27.0 Å². The van der Waals surface area contributed by atoms with Crippen LogP contribution in [-0.4, -0.2) is 15.7 Å². The van der Waals surface area contributed by atoms with Gasteiger partial charge < -0.3 is 11.1 Å². The van der Waals surface area contributed by atoms with E-state index in [1.165, 1.54) is 15.8 Å². The lowest BCUT2D eigenvalue weighted by Gasteiger charge is -2.02. The molecule has 0 aliphatic heterocycles. The van der Waals surface area contributed by atoms with Crippen molar-refractivity contribution in [3.05, 3.63) is 33.6 Å². The van der Waals surface area contributed by atoms with Gasteiger partial charge in [-0.05, 0) is 18.6 Å². The van der Waals surface area contributed by atoms with Gasteiger partial charge in [0.15, 0.2) is 0 Å². The number of carbonyl (C=O) groups excluding carboxylic acids is 1. The van der Waals surface area contributed by atoms with E-state index in [2.05, 4.69) is 23.4 Å². The first-order valence-corrected chi connectivity index (χ1v) is 6.56. The Labute approximate surface area is 110 Å². The summed E-state index contributed by atoms with van der Waals surface area (Å²) >= 11 is 1.71. The van der Waals surface area contributed by atoms with E-state index in [1.807, 2.05) is 6.07 Å². The van der Waals surface area contributed by atoms with Crippen molar-refractivity contribution < 1.29 is 4.79 Å². The van der Waals surface area contributed by atoms with Crippen LogP contribution in [0.15, 0.2) is 18.3 Å². The molecule has 0 unspecified atom stereocenters. The molecule has 96 valence electrons. The van der Waals surface area contributed by atoms with Crippen LogP contribution in [0.4, 0.5) is 5.82 Å². The molecule has 3 N–H and O–H groups in total. The number of carbonyl (C=O) groups is 1. The van der Waals surface area contributed by atoms with Crippen LogP contribution < -0.4 is 11.1 Å². The van der Waals surface area contributed by atoms with E-state index in [0.29, 0.717) is 17.9 Å². The van der Waals surface area contributed by atoms with Gasteiger partial charge in [0.1, 0.15) is 11.4 Å². The third-order valence-corrected chi connectivity index (χ3v) is 3.95. The second kappa shape index (κ2) is 5.22. The van der Waals surface area contributed by atoms with Crippen LogP contribution >= 0.6 is 11.3 Å². The third-order valence-electron chi connectivity index (χ3n) is 2.72. The highest BCUT2D eigenvalue weighted by Gasteiger charge is 2.13. The average Bonchev–Trinajstić information content (AvgIpc) is 2.95. The molecule has 2 rings (SSSR count). The van der Waals surface area contributed by atoms with Gasteiger partial charge in [0, 0.05) is 16.8 Å². The Morgan fingerprint density at radius 2 is 2.22 bits per heavy atom. The summed E-state index contributed by atoms with van der Waals surface area (Å²) in [5.74, 6) is 0.194. The Balaban J connectivity index is 1.98. The fraction of sp³-hybridized carbons (Fsp3) is 0.333. The molecule has 0 bridgehead atoms. The maximum atomic E-state index is 11.9. The highest BCUT2D eigenvalue weighted by molar-refractivity contribution is 7.11. The van der Waals surface area contributed by atoms with Gasteiger partial charge in [-0.25, -0.2) is 0 Å². The van der Waals surface area contributed by atoms with Gasteiger partial charge >= 0.3 is 0 Å². The number of hydrogen-bond acceptors (Lipinski definition) is 4. The average molecular weight is 264 g/mol. The van der Waals surface area contributed by atoms with Crippen LogP contribution in [0.5, 0.6) is 0 Å². The van der Waals surface area contributed by atoms with Crippen molar-refractivity contribution in [2.45, 2.75) is 19.9 Å². The minimum absolute atomic E-state index is 0.188. The summed E-state index contributed by atoms with van der Waals surface area (Å²) < 4.78 is 1.48. The molecular formula is C12H16N4OS. The topological polar surface area (TPSA) is 72.9 Å². The van der Waals surface area contributed by atoms with Crippen molar-refractivity contribution in [2.24, 2.45) is 7.05 Å². The van der Waals surface area contributed by atoms with Gasteiger partial charge in [-0.15, -0.1) is 11.3 Å². The summed E-state index contributed by atoms with van der Waals surface area (Å²) in [6.07, 6.45) is 2.50. The van der Waals surface area contributed by atoms with Crippen LogP contribution in [0, 0.1) is 0 Å². The van der Waals surface area contributed by atoms with Gasteiger partial charge in [-0.1, -0.05) is 6.92 Å². The van der Waals surface area contributed by atoms with Crippen LogP contribution in [0.2, 0.25) is 0 Å². The molecule has 1 amide bonds. The van der Waals surface area contributed by atoms with E-state index in [9.17, 15) is 4.79 Å². The fourth-order valence-corrected chi connectivity index (χ4v) is 2.49. The number of nitrogens with one attached hydrogen (secondary N) is 1. The molecule has 2 aromatic heterocycles. The Hall–Kier alpha value is -1.82. The quantitative estimate of drug-likeness (QED) is 0.880. The van der Waals surface area contributed by atoms with Crippen molar-refractivity contribution in [1.82, 2.24) is 15.1 Å². The minimum atomic E-state index is -0.188. The van der Waals surface area contributed by atoms with Crippen molar-refractivity contribution in [1.29, 1.82) is 0 Å². The number of rotatable bonds is 4. The number of aromatic nitrogens is 2. The minimum Gasteiger partial charge on any atom is -0.383 e. The smallest absolute Gasteiger partial charge is 0.256 e. The summed E-state index contributed by atoms with van der Waals surface area (Å²) in [5.41, 5.74) is 6.16. The molecule has 18 heavy (non-hydrogen) atoms. The van der Waals surface area contributed by atoms with E-state index in [-0.39, 0.29) is 5.91 Å². The lowest BCUT2D eigenvalue weighted by Crippen LogP contribution is -2.23. The maximum absolute atomic E-state index is 11.9. The van der Waals surface area contributed by atoms with Crippen LogP contribution in [0.25, 0.3) is 0 Å². The van der Waals surface area contributed by atoms with Gasteiger partial charge in [0.05, 0.1) is 12.7 Å². The van der Waals surface area contributed by atoms with E-state index in [4.69, 9.17) is 5.73 Å². The highest BCUT2D eigenvalue weighted by atomic mass is 32.1. The molecular weight excluding hydrogens is 248 g/mol. The summed E-state index contributed by atoms with van der Waals surface area (Å²) in [6, 6.07) is 4.13. The monoisotopic (exact) mass is 264 g/mol. The number of hydrogen-bond donors (Lipinski definition) is 2. The number of thiophene rings is 1. The van der Waals surface area contributed by atoms with Crippen molar-refractivity contribution in [2.75, 3.05) is 5.73 Å². The lowest BCUT2D eigenvalue weighted by atomic mass is 10.3.